The molecule has 1 atom stereocenters. The maximum atomic E-state index is 12.7. The monoisotopic (exact) mass is 253 g/mol. The molecule has 1 saturated heterocycles. The summed E-state index contributed by atoms with van der Waals surface area (Å²) in [7, 11) is 0. The first-order chi connectivity index (χ1) is 8.54. The fourth-order valence-corrected chi connectivity index (χ4v) is 3.37. The van der Waals surface area contributed by atoms with E-state index in [1.165, 1.54) is 0 Å². The lowest BCUT2D eigenvalue weighted by Gasteiger charge is -2.49. The highest BCUT2D eigenvalue weighted by molar-refractivity contribution is 5.91. The van der Waals surface area contributed by atoms with Gasteiger partial charge < -0.3 is 16.0 Å². The lowest BCUT2D eigenvalue weighted by atomic mass is 9.61. The Bertz CT molecular complexity index is 350. The van der Waals surface area contributed by atoms with Crippen LogP contribution in [0.5, 0.6) is 0 Å². The molecule has 5 heteroatoms. The van der Waals surface area contributed by atoms with Gasteiger partial charge in [-0.1, -0.05) is 13.8 Å². The summed E-state index contributed by atoms with van der Waals surface area (Å²) in [6, 6.07) is -0.314. The zero-order chi connectivity index (χ0) is 13.3. The molecule has 5 nitrogen and oxygen atoms in total. The van der Waals surface area contributed by atoms with E-state index < -0.39 is 5.41 Å². The molecule has 0 bridgehead atoms. The average molecular weight is 253 g/mol. The quantitative estimate of drug-likeness (QED) is 0.749. The van der Waals surface area contributed by atoms with Gasteiger partial charge in [0.2, 0.25) is 11.8 Å². The number of piperazine rings is 1. The Kier molecular flexibility index (Phi) is 3.61. The first-order valence-electron chi connectivity index (χ1n) is 6.83. The third-order valence-corrected chi connectivity index (χ3v) is 4.30. The second-order valence-electron chi connectivity index (χ2n) is 5.71. The van der Waals surface area contributed by atoms with Crippen LogP contribution in [0.15, 0.2) is 0 Å². The van der Waals surface area contributed by atoms with Crippen molar-refractivity contribution in [2.75, 3.05) is 19.6 Å². The molecule has 0 aromatic carbocycles. The van der Waals surface area contributed by atoms with E-state index in [1.807, 2.05) is 6.92 Å². The maximum Gasteiger partial charge on any atom is 0.242 e. The third kappa shape index (κ3) is 2.00. The van der Waals surface area contributed by atoms with Crippen LogP contribution in [-0.4, -0.2) is 42.4 Å². The summed E-state index contributed by atoms with van der Waals surface area (Å²) in [4.78, 5) is 26.2. The predicted octanol–water partition coefficient (Wildman–Crippen LogP) is 0.0984. The van der Waals surface area contributed by atoms with Crippen molar-refractivity contribution in [2.24, 2.45) is 17.1 Å². The van der Waals surface area contributed by atoms with Crippen LogP contribution in [0.1, 0.15) is 33.1 Å². The predicted molar refractivity (Wildman–Crippen MR) is 68.7 cm³/mol. The van der Waals surface area contributed by atoms with Crippen molar-refractivity contribution < 1.29 is 9.59 Å². The number of nitrogens with two attached hydrogens (primary N) is 1. The molecule has 3 N–H and O–H groups in total. The summed E-state index contributed by atoms with van der Waals surface area (Å²) < 4.78 is 0. The molecule has 2 amide bonds. The average Bonchev–Trinajstić information content (AvgIpc) is 2.33. The van der Waals surface area contributed by atoms with Gasteiger partial charge in [-0.3, -0.25) is 9.59 Å². The normalized spacial score (nSPS) is 35.9. The number of carbonyl (C=O) groups is 2. The first kappa shape index (κ1) is 13.3. The van der Waals surface area contributed by atoms with E-state index in [1.54, 1.807) is 4.90 Å². The largest absolute Gasteiger partial charge is 0.353 e. The van der Waals surface area contributed by atoms with Crippen LogP contribution in [0.25, 0.3) is 0 Å². The standard InChI is InChI=1S/C13H23N3O2/c1-3-10-11(17)15-4-5-16(10)12(18)13(8-14)6-9(2)7-13/h9-10H,3-8,14H2,1-2H3,(H,15,17). The van der Waals surface area contributed by atoms with Crippen LogP contribution in [0.3, 0.4) is 0 Å². The Hall–Kier alpha value is -1.10. The Balaban J connectivity index is 2.14. The molecule has 0 aromatic heterocycles. The summed E-state index contributed by atoms with van der Waals surface area (Å²) >= 11 is 0. The first-order valence-corrected chi connectivity index (χ1v) is 6.83. The SMILES string of the molecule is CCC1C(=O)NCCN1C(=O)C1(CN)CC(C)C1. The smallest absolute Gasteiger partial charge is 0.242 e. The van der Waals surface area contributed by atoms with Crippen LogP contribution >= 0.6 is 0 Å². The highest BCUT2D eigenvalue weighted by atomic mass is 16.2. The lowest BCUT2D eigenvalue weighted by molar-refractivity contribution is -0.157. The Labute approximate surface area is 108 Å². The van der Waals surface area contributed by atoms with E-state index in [0.29, 0.717) is 32.0 Å². The van der Waals surface area contributed by atoms with E-state index >= 15 is 0 Å². The van der Waals surface area contributed by atoms with Gasteiger partial charge in [0.25, 0.3) is 0 Å². The minimum absolute atomic E-state index is 0.0309. The van der Waals surface area contributed by atoms with E-state index in [-0.39, 0.29) is 17.9 Å². The molecule has 2 fully saturated rings. The molecule has 0 radical (unpaired) electrons. The third-order valence-electron chi connectivity index (χ3n) is 4.30. The molecule has 102 valence electrons. The van der Waals surface area contributed by atoms with Gasteiger partial charge >= 0.3 is 0 Å². The summed E-state index contributed by atoms with van der Waals surface area (Å²) in [5.74, 6) is 0.623. The van der Waals surface area contributed by atoms with Crippen molar-refractivity contribution >= 4 is 11.8 Å². The van der Waals surface area contributed by atoms with Gasteiger partial charge in [0.05, 0.1) is 5.41 Å². The van der Waals surface area contributed by atoms with Crippen LogP contribution < -0.4 is 11.1 Å². The number of amides is 2. The van der Waals surface area contributed by atoms with E-state index in [0.717, 1.165) is 12.8 Å². The second-order valence-corrected chi connectivity index (χ2v) is 5.71. The molecule has 0 aromatic rings. The summed E-state index contributed by atoms with van der Waals surface area (Å²) in [5.41, 5.74) is 5.41. The summed E-state index contributed by atoms with van der Waals surface area (Å²) in [5, 5.41) is 2.82. The fraction of sp³-hybridized carbons (Fsp3) is 0.846. The highest BCUT2D eigenvalue weighted by Crippen LogP contribution is 2.46. The Morgan fingerprint density at radius 2 is 2.22 bits per heavy atom. The molecular formula is C13H23N3O2. The number of hydrogen-bond donors (Lipinski definition) is 2. The van der Waals surface area contributed by atoms with E-state index in [2.05, 4.69) is 12.2 Å². The molecular weight excluding hydrogens is 230 g/mol. The number of nitrogens with one attached hydrogen (secondary N) is 1. The Morgan fingerprint density at radius 1 is 1.56 bits per heavy atom. The molecule has 1 aliphatic heterocycles. The van der Waals surface area contributed by atoms with Crippen molar-refractivity contribution in [2.45, 2.75) is 39.2 Å². The van der Waals surface area contributed by atoms with Gasteiger partial charge in [-0.2, -0.15) is 0 Å². The zero-order valence-corrected chi connectivity index (χ0v) is 11.2. The lowest BCUT2D eigenvalue weighted by Crippen LogP contribution is -2.63. The molecule has 2 rings (SSSR count). The van der Waals surface area contributed by atoms with E-state index in [9.17, 15) is 9.59 Å². The van der Waals surface area contributed by atoms with Crippen LogP contribution in [-0.2, 0) is 9.59 Å². The van der Waals surface area contributed by atoms with Crippen molar-refractivity contribution in [1.82, 2.24) is 10.2 Å². The van der Waals surface area contributed by atoms with Gasteiger partial charge in [0, 0.05) is 19.6 Å². The van der Waals surface area contributed by atoms with Crippen LogP contribution in [0, 0.1) is 11.3 Å². The topological polar surface area (TPSA) is 75.4 Å². The van der Waals surface area contributed by atoms with Crippen molar-refractivity contribution in [3.8, 4) is 0 Å². The number of nitrogens with zero attached hydrogens (tertiary/aromatic N) is 1. The van der Waals surface area contributed by atoms with Crippen LogP contribution in [0.4, 0.5) is 0 Å². The molecule has 18 heavy (non-hydrogen) atoms. The number of rotatable bonds is 3. The molecule has 1 saturated carbocycles. The molecule has 1 unspecified atom stereocenters. The van der Waals surface area contributed by atoms with Gasteiger partial charge in [-0.25, -0.2) is 0 Å². The minimum Gasteiger partial charge on any atom is -0.353 e. The zero-order valence-electron chi connectivity index (χ0n) is 11.2. The van der Waals surface area contributed by atoms with Crippen molar-refractivity contribution in [3.05, 3.63) is 0 Å². The van der Waals surface area contributed by atoms with Crippen molar-refractivity contribution in [1.29, 1.82) is 0 Å². The molecule has 1 aliphatic carbocycles. The van der Waals surface area contributed by atoms with Crippen LogP contribution in [0.2, 0.25) is 0 Å². The molecule has 1 heterocycles. The van der Waals surface area contributed by atoms with Crippen molar-refractivity contribution in [3.63, 3.8) is 0 Å². The molecule has 2 aliphatic rings. The second kappa shape index (κ2) is 4.88. The van der Waals surface area contributed by atoms with Gasteiger partial charge in [0.15, 0.2) is 0 Å². The minimum atomic E-state index is -0.398. The van der Waals surface area contributed by atoms with Gasteiger partial charge in [-0.15, -0.1) is 0 Å². The highest BCUT2D eigenvalue weighted by Gasteiger charge is 2.50. The number of hydrogen-bond acceptors (Lipinski definition) is 3. The fourth-order valence-electron chi connectivity index (χ4n) is 3.37. The maximum absolute atomic E-state index is 12.7. The number of carbonyl (C=O) groups excluding carboxylic acids is 2. The van der Waals surface area contributed by atoms with Gasteiger partial charge in [-0.05, 0) is 25.2 Å². The van der Waals surface area contributed by atoms with E-state index in [4.69, 9.17) is 5.73 Å². The van der Waals surface area contributed by atoms with Gasteiger partial charge in [0.1, 0.15) is 6.04 Å². The molecule has 0 spiro atoms. The summed E-state index contributed by atoms with van der Waals surface area (Å²) in [6.45, 7) is 5.64. The summed E-state index contributed by atoms with van der Waals surface area (Å²) in [6.07, 6.45) is 2.38. The Morgan fingerprint density at radius 3 is 2.72 bits per heavy atom.